The van der Waals surface area contributed by atoms with Crippen LogP contribution in [0.25, 0.3) is 22.1 Å². The van der Waals surface area contributed by atoms with Crippen LogP contribution in [0.5, 0.6) is 5.75 Å². The fraction of sp³-hybridized carbons (Fsp3) is 0.286. The van der Waals surface area contributed by atoms with Crippen LogP contribution in [0.1, 0.15) is 29.4 Å². The number of carbonyl (C=O) groups excluding carboxylic acids is 1. The Morgan fingerprint density at radius 3 is 2.86 bits per heavy atom. The van der Waals surface area contributed by atoms with Gasteiger partial charge < -0.3 is 19.2 Å². The number of pyridine rings is 1. The summed E-state index contributed by atoms with van der Waals surface area (Å²) in [7, 11) is 1.64. The number of hydrogen-bond donors (Lipinski definition) is 1. The molecule has 142 valence electrons. The Morgan fingerprint density at radius 1 is 1.18 bits per heavy atom. The van der Waals surface area contributed by atoms with Crippen molar-refractivity contribution in [2.45, 2.75) is 18.9 Å². The highest BCUT2D eigenvalue weighted by molar-refractivity contribution is 5.99. The summed E-state index contributed by atoms with van der Waals surface area (Å²) in [5.74, 6) is 0.802. The average Bonchev–Trinajstić information content (AvgIpc) is 3.37. The van der Waals surface area contributed by atoms with E-state index in [-0.39, 0.29) is 5.91 Å². The van der Waals surface area contributed by atoms with Gasteiger partial charge in [-0.1, -0.05) is 6.07 Å². The number of methoxy groups -OCH3 is 1. The van der Waals surface area contributed by atoms with Gasteiger partial charge in [-0.15, -0.1) is 0 Å². The van der Waals surface area contributed by atoms with Gasteiger partial charge in [0.2, 0.25) is 0 Å². The SMILES string of the molecule is COc1cccc2[nH]c(C(=O)N3CCC(n4cnc5cccnc54)CC3)cc12. The zero-order valence-corrected chi connectivity index (χ0v) is 15.6. The summed E-state index contributed by atoms with van der Waals surface area (Å²) in [4.78, 5) is 27.0. The maximum absolute atomic E-state index is 13.0. The van der Waals surface area contributed by atoms with Crippen LogP contribution in [-0.2, 0) is 0 Å². The largest absolute Gasteiger partial charge is 0.496 e. The third kappa shape index (κ3) is 2.70. The van der Waals surface area contributed by atoms with E-state index in [9.17, 15) is 4.79 Å². The van der Waals surface area contributed by atoms with Gasteiger partial charge in [0.1, 0.15) is 17.0 Å². The van der Waals surface area contributed by atoms with Gasteiger partial charge in [-0.25, -0.2) is 9.97 Å². The second kappa shape index (κ2) is 6.67. The summed E-state index contributed by atoms with van der Waals surface area (Å²) in [6, 6.07) is 11.8. The fourth-order valence-electron chi connectivity index (χ4n) is 4.07. The van der Waals surface area contributed by atoms with Crippen LogP contribution in [0.4, 0.5) is 0 Å². The lowest BCUT2D eigenvalue weighted by Gasteiger charge is -2.32. The molecule has 0 spiro atoms. The van der Waals surface area contributed by atoms with E-state index in [0.29, 0.717) is 24.8 Å². The molecule has 0 bridgehead atoms. The number of fused-ring (bicyclic) bond motifs is 2. The van der Waals surface area contributed by atoms with Crippen LogP contribution in [0.15, 0.2) is 48.9 Å². The second-order valence-electron chi connectivity index (χ2n) is 7.13. The smallest absolute Gasteiger partial charge is 0.270 e. The second-order valence-corrected chi connectivity index (χ2v) is 7.13. The average molecular weight is 375 g/mol. The molecule has 0 aliphatic carbocycles. The van der Waals surface area contributed by atoms with Gasteiger partial charge in [0, 0.05) is 36.2 Å². The molecule has 1 fully saturated rings. The van der Waals surface area contributed by atoms with E-state index < -0.39 is 0 Å². The molecule has 3 aromatic heterocycles. The standard InChI is InChI=1S/C21H21N5O2/c1-28-19-6-2-4-16-15(19)12-18(24-16)21(27)25-10-7-14(8-11-25)26-13-23-17-5-3-9-22-20(17)26/h2-6,9,12-14,24H,7-8,10-11H2,1H3. The van der Waals surface area contributed by atoms with Crippen molar-refractivity contribution in [3.8, 4) is 5.75 Å². The van der Waals surface area contributed by atoms with E-state index in [0.717, 1.165) is 40.7 Å². The molecule has 1 aliphatic heterocycles. The van der Waals surface area contributed by atoms with Crippen LogP contribution in [0, 0.1) is 0 Å². The fourth-order valence-corrected chi connectivity index (χ4v) is 4.07. The number of likely N-dealkylation sites (tertiary alicyclic amines) is 1. The number of carbonyl (C=O) groups is 1. The van der Waals surface area contributed by atoms with Crippen LogP contribution < -0.4 is 4.74 Å². The summed E-state index contributed by atoms with van der Waals surface area (Å²) in [6.07, 6.45) is 5.43. The first-order valence-electron chi connectivity index (χ1n) is 9.47. The summed E-state index contributed by atoms with van der Waals surface area (Å²) < 4.78 is 7.54. The number of imidazole rings is 1. The van der Waals surface area contributed by atoms with Crippen LogP contribution >= 0.6 is 0 Å². The lowest BCUT2D eigenvalue weighted by Crippen LogP contribution is -2.39. The van der Waals surface area contributed by atoms with Gasteiger partial charge in [-0.05, 0) is 43.2 Å². The van der Waals surface area contributed by atoms with Gasteiger partial charge in [0.25, 0.3) is 5.91 Å². The summed E-state index contributed by atoms with van der Waals surface area (Å²) in [5, 5.41) is 0.930. The Hall–Kier alpha value is -3.35. The highest BCUT2D eigenvalue weighted by Gasteiger charge is 2.26. The molecule has 5 rings (SSSR count). The van der Waals surface area contributed by atoms with Crippen LogP contribution in [-0.4, -0.2) is 50.5 Å². The number of piperidine rings is 1. The van der Waals surface area contributed by atoms with Gasteiger partial charge in [-0.2, -0.15) is 0 Å². The van der Waals surface area contributed by atoms with Crippen molar-refractivity contribution in [2.75, 3.05) is 20.2 Å². The molecule has 1 aromatic carbocycles. The maximum atomic E-state index is 13.0. The molecule has 0 atom stereocenters. The predicted octanol–water partition coefficient (Wildman–Crippen LogP) is 3.40. The minimum atomic E-state index is 0.0327. The summed E-state index contributed by atoms with van der Waals surface area (Å²) >= 11 is 0. The highest BCUT2D eigenvalue weighted by Crippen LogP contribution is 2.29. The monoisotopic (exact) mass is 375 g/mol. The molecular formula is C21H21N5O2. The van der Waals surface area contributed by atoms with E-state index in [4.69, 9.17) is 4.74 Å². The Morgan fingerprint density at radius 2 is 2.04 bits per heavy atom. The Kier molecular flexibility index (Phi) is 4.00. The normalized spacial score (nSPS) is 15.4. The van der Waals surface area contributed by atoms with Crippen molar-refractivity contribution >= 4 is 28.0 Å². The molecule has 0 radical (unpaired) electrons. The molecule has 1 N–H and O–H groups in total. The molecular weight excluding hydrogens is 354 g/mol. The van der Waals surface area contributed by atoms with E-state index in [1.807, 2.05) is 47.6 Å². The maximum Gasteiger partial charge on any atom is 0.270 e. The summed E-state index contributed by atoms with van der Waals surface area (Å²) in [5.41, 5.74) is 3.34. The van der Waals surface area contributed by atoms with Gasteiger partial charge in [0.15, 0.2) is 5.65 Å². The van der Waals surface area contributed by atoms with Gasteiger partial charge in [-0.3, -0.25) is 4.79 Å². The molecule has 28 heavy (non-hydrogen) atoms. The molecule has 4 aromatic rings. The number of ether oxygens (including phenoxy) is 1. The quantitative estimate of drug-likeness (QED) is 0.595. The Bertz CT molecular complexity index is 1150. The number of amides is 1. The lowest BCUT2D eigenvalue weighted by molar-refractivity contribution is 0.0691. The minimum absolute atomic E-state index is 0.0327. The molecule has 1 amide bonds. The number of nitrogens with one attached hydrogen (secondary N) is 1. The molecule has 7 heteroatoms. The molecule has 0 unspecified atom stereocenters. The number of aromatic nitrogens is 4. The zero-order chi connectivity index (χ0) is 19.1. The molecule has 1 saturated heterocycles. The number of benzene rings is 1. The van der Waals surface area contributed by atoms with Crippen molar-refractivity contribution in [2.24, 2.45) is 0 Å². The van der Waals surface area contributed by atoms with Crippen molar-refractivity contribution in [1.82, 2.24) is 24.4 Å². The number of hydrogen-bond acceptors (Lipinski definition) is 4. The van der Waals surface area contributed by atoms with Crippen LogP contribution in [0.3, 0.4) is 0 Å². The first-order valence-corrected chi connectivity index (χ1v) is 9.47. The van der Waals surface area contributed by atoms with Crippen molar-refractivity contribution < 1.29 is 9.53 Å². The van der Waals surface area contributed by atoms with Crippen molar-refractivity contribution in [3.05, 3.63) is 54.6 Å². The predicted molar refractivity (Wildman–Crippen MR) is 107 cm³/mol. The topological polar surface area (TPSA) is 76.0 Å². The number of aromatic amines is 1. The van der Waals surface area contributed by atoms with Crippen LogP contribution in [0.2, 0.25) is 0 Å². The Labute approximate surface area is 162 Å². The molecule has 7 nitrogen and oxygen atoms in total. The van der Waals surface area contributed by atoms with Gasteiger partial charge >= 0.3 is 0 Å². The third-order valence-corrected chi connectivity index (χ3v) is 5.55. The van der Waals surface area contributed by atoms with E-state index in [1.165, 1.54) is 0 Å². The Balaban J connectivity index is 1.33. The van der Waals surface area contributed by atoms with Crippen molar-refractivity contribution in [3.63, 3.8) is 0 Å². The molecule has 0 saturated carbocycles. The van der Waals surface area contributed by atoms with E-state index >= 15 is 0 Å². The summed E-state index contributed by atoms with van der Waals surface area (Å²) in [6.45, 7) is 1.42. The van der Waals surface area contributed by atoms with Gasteiger partial charge in [0.05, 0.1) is 13.4 Å². The third-order valence-electron chi connectivity index (χ3n) is 5.55. The first kappa shape index (κ1) is 16.8. The number of H-pyrrole nitrogens is 1. The molecule has 1 aliphatic rings. The highest BCUT2D eigenvalue weighted by atomic mass is 16.5. The molecule has 4 heterocycles. The minimum Gasteiger partial charge on any atom is -0.496 e. The first-order chi connectivity index (χ1) is 13.7. The van der Waals surface area contributed by atoms with E-state index in [1.54, 1.807) is 13.3 Å². The van der Waals surface area contributed by atoms with E-state index in [2.05, 4.69) is 19.5 Å². The zero-order valence-electron chi connectivity index (χ0n) is 15.6. The number of nitrogens with zero attached hydrogens (tertiary/aromatic N) is 4. The van der Waals surface area contributed by atoms with Crippen molar-refractivity contribution in [1.29, 1.82) is 0 Å². The number of rotatable bonds is 3. The lowest BCUT2D eigenvalue weighted by atomic mass is 10.0.